The fourth-order valence-corrected chi connectivity index (χ4v) is 4.70. The monoisotopic (exact) mass is 507 g/mol. The van der Waals surface area contributed by atoms with Crippen molar-refractivity contribution >= 4 is 38.9 Å². The topological polar surface area (TPSA) is 123 Å². The Balaban J connectivity index is 1.55. The Morgan fingerprint density at radius 3 is 2.44 bits per heavy atom. The van der Waals surface area contributed by atoms with Crippen LogP contribution in [0.5, 0.6) is 5.75 Å². The van der Waals surface area contributed by atoms with Gasteiger partial charge in [-0.2, -0.15) is 8.42 Å². The molecule has 1 unspecified atom stereocenters. The molecular formula is C25H25N5O5S. The van der Waals surface area contributed by atoms with E-state index in [4.69, 9.17) is 4.74 Å². The summed E-state index contributed by atoms with van der Waals surface area (Å²) in [7, 11) is -1.19. The normalized spacial score (nSPS) is 12.1. The maximum Gasteiger partial charge on any atom is 0.332 e. The molecule has 2 aromatic heterocycles. The van der Waals surface area contributed by atoms with E-state index < -0.39 is 28.2 Å². The Morgan fingerprint density at radius 2 is 1.75 bits per heavy atom. The van der Waals surface area contributed by atoms with E-state index in [1.807, 2.05) is 35.1 Å². The van der Waals surface area contributed by atoms with Gasteiger partial charge in [0.15, 0.2) is 5.65 Å². The summed E-state index contributed by atoms with van der Waals surface area (Å²) in [4.78, 5) is 31.7. The van der Waals surface area contributed by atoms with Crippen molar-refractivity contribution in [2.45, 2.75) is 12.5 Å². The quantitative estimate of drug-likeness (QED) is 0.378. The number of carbonyl (C=O) groups is 2. The molecule has 2 N–H and O–H groups in total. The van der Waals surface area contributed by atoms with Gasteiger partial charge in [0.1, 0.15) is 11.8 Å². The summed E-state index contributed by atoms with van der Waals surface area (Å²) >= 11 is 0. The van der Waals surface area contributed by atoms with E-state index in [9.17, 15) is 18.0 Å². The number of pyridine rings is 1. The molecule has 0 bridgehead atoms. The zero-order chi connectivity index (χ0) is 25.7. The van der Waals surface area contributed by atoms with E-state index in [1.165, 1.54) is 17.3 Å². The number of ether oxygens (including phenoxy) is 1. The average Bonchev–Trinajstić information content (AvgIpc) is 3.33. The molecule has 2 heterocycles. The molecule has 1 atom stereocenters. The molecule has 186 valence electrons. The molecule has 0 spiro atoms. The predicted molar refractivity (Wildman–Crippen MR) is 136 cm³/mol. The number of hydrogen-bond acceptors (Lipinski definition) is 6. The van der Waals surface area contributed by atoms with Gasteiger partial charge in [0.25, 0.3) is 0 Å². The van der Waals surface area contributed by atoms with Crippen LogP contribution in [-0.4, -0.2) is 49.5 Å². The number of nitrogens with zero attached hydrogens (tertiary/aromatic N) is 3. The van der Waals surface area contributed by atoms with Crippen molar-refractivity contribution in [1.29, 1.82) is 0 Å². The number of benzene rings is 2. The summed E-state index contributed by atoms with van der Waals surface area (Å²) in [5, 5.41) is 3.12. The second-order valence-corrected chi connectivity index (χ2v) is 9.49. The maximum atomic E-state index is 13.4. The number of likely N-dealkylation sites (N-methyl/N-ethyl adjacent to an activating group) is 1. The van der Waals surface area contributed by atoms with Crippen LogP contribution in [0.2, 0.25) is 0 Å². The molecule has 10 nitrogen and oxygen atoms in total. The standard InChI is InChI=1S/C25H25N5O5S/c1-29(20-10-12-21(35-2)13-11-20)24(31)22(17-18-7-4-3-5-8-18)27-25(32)28-36(33,34)30-16-14-19-9-6-15-26-23(19)30/h3-16,22H,17H2,1-2H3,(H2,27,28,32). The number of nitrogens with one attached hydrogen (secondary N) is 2. The van der Waals surface area contributed by atoms with E-state index >= 15 is 0 Å². The summed E-state index contributed by atoms with van der Waals surface area (Å²) in [6.07, 6.45) is 2.91. The van der Waals surface area contributed by atoms with E-state index in [2.05, 4.69) is 10.3 Å². The van der Waals surface area contributed by atoms with Gasteiger partial charge >= 0.3 is 16.2 Å². The molecule has 0 saturated heterocycles. The zero-order valence-electron chi connectivity index (χ0n) is 19.7. The van der Waals surface area contributed by atoms with E-state index in [0.29, 0.717) is 16.8 Å². The lowest BCUT2D eigenvalue weighted by molar-refractivity contribution is -0.120. The summed E-state index contributed by atoms with van der Waals surface area (Å²) in [6, 6.07) is 18.9. The van der Waals surface area contributed by atoms with Crippen LogP contribution < -0.4 is 19.7 Å². The van der Waals surface area contributed by atoms with Crippen LogP contribution in [0.1, 0.15) is 5.56 Å². The fourth-order valence-electron chi connectivity index (χ4n) is 3.71. The number of methoxy groups -OCH3 is 1. The first-order valence-corrected chi connectivity index (χ1v) is 12.4. The van der Waals surface area contributed by atoms with E-state index in [0.717, 1.165) is 9.54 Å². The number of anilines is 1. The van der Waals surface area contributed by atoms with Gasteiger partial charge in [-0.3, -0.25) is 4.79 Å². The number of fused-ring (bicyclic) bond motifs is 1. The molecule has 0 aliphatic rings. The Morgan fingerprint density at radius 1 is 1.03 bits per heavy atom. The summed E-state index contributed by atoms with van der Waals surface area (Å²) < 4.78 is 33.8. The molecule has 0 fully saturated rings. The van der Waals surface area contributed by atoms with Gasteiger partial charge in [-0.1, -0.05) is 30.3 Å². The second kappa shape index (κ2) is 10.5. The van der Waals surface area contributed by atoms with Crippen LogP contribution in [0.3, 0.4) is 0 Å². The molecule has 36 heavy (non-hydrogen) atoms. The predicted octanol–water partition coefficient (Wildman–Crippen LogP) is 2.71. The molecule has 2 aromatic carbocycles. The molecule has 3 amide bonds. The third kappa shape index (κ3) is 5.47. The first-order valence-electron chi connectivity index (χ1n) is 11.0. The lowest BCUT2D eigenvalue weighted by Crippen LogP contribution is -2.53. The number of hydrogen-bond donors (Lipinski definition) is 2. The summed E-state index contributed by atoms with van der Waals surface area (Å²) in [5.74, 6) is 0.208. The molecular weight excluding hydrogens is 482 g/mol. The summed E-state index contributed by atoms with van der Waals surface area (Å²) in [6.45, 7) is 0. The van der Waals surface area contributed by atoms with E-state index in [1.54, 1.807) is 56.6 Å². The highest BCUT2D eigenvalue weighted by atomic mass is 32.2. The number of amides is 3. The van der Waals surface area contributed by atoms with Crippen LogP contribution in [0.25, 0.3) is 11.0 Å². The molecule has 0 aliphatic heterocycles. The van der Waals surface area contributed by atoms with Crippen molar-refractivity contribution < 1.29 is 22.7 Å². The Kier molecular flexibility index (Phi) is 7.20. The van der Waals surface area contributed by atoms with E-state index in [-0.39, 0.29) is 12.1 Å². The highest BCUT2D eigenvalue weighted by Gasteiger charge is 2.28. The Labute approximate surface area is 208 Å². The maximum absolute atomic E-state index is 13.4. The average molecular weight is 508 g/mol. The van der Waals surface area contributed by atoms with Gasteiger partial charge in [-0.15, -0.1) is 0 Å². The highest BCUT2D eigenvalue weighted by Crippen LogP contribution is 2.20. The third-order valence-electron chi connectivity index (χ3n) is 5.57. The Bertz CT molecular complexity index is 1470. The van der Waals surface area contributed by atoms with Gasteiger partial charge in [0.2, 0.25) is 5.91 Å². The van der Waals surface area contributed by atoms with Gasteiger partial charge in [0, 0.05) is 36.9 Å². The number of aromatic nitrogens is 2. The third-order valence-corrected chi connectivity index (χ3v) is 6.83. The highest BCUT2D eigenvalue weighted by molar-refractivity contribution is 7.88. The van der Waals surface area contributed by atoms with Crippen molar-refractivity contribution in [3.05, 3.63) is 90.8 Å². The minimum atomic E-state index is -4.31. The van der Waals surface area contributed by atoms with Crippen molar-refractivity contribution in [2.75, 3.05) is 19.1 Å². The van der Waals surface area contributed by atoms with Crippen molar-refractivity contribution in [3.63, 3.8) is 0 Å². The molecule has 11 heteroatoms. The Hall–Kier alpha value is -4.38. The fraction of sp³-hybridized carbons (Fsp3) is 0.160. The molecule has 0 saturated carbocycles. The van der Waals surface area contributed by atoms with Gasteiger partial charge < -0.3 is 15.0 Å². The van der Waals surface area contributed by atoms with Crippen LogP contribution in [0.15, 0.2) is 85.2 Å². The SMILES string of the molecule is COc1ccc(N(C)C(=O)C(Cc2ccccc2)NC(=O)NS(=O)(=O)n2ccc3cccnc32)cc1. The van der Waals surface area contributed by atoms with Crippen molar-refractivity contribution in [1.82, 2.24) is 19.0 Å². The van der Waals surface area contributed by atoms with Gasteiger partial charge in [-0.25, -0.2) is 18.5 Å². The van der Waals surface area contributed by atoms with Gasteiger partial charge in [0.05, 0.1) is 7.11 Å². The molecule has 4 rings (SSSR count). The second-order valence-electron chi connectivity index (χ2n) is 7.95. The first kappa shape index (κ1) is 24.7. The lowest BCUT2D eigenvalue weighted by Gasteiger charge is -2.25. The van der Waals surface area contributed by atoms with Crippen LogP contribution in [0.4, 0.5) is 10.5 Å². The summed E-state index contributed by atoms with van der Waals surface area (Å²) in [5.41, 5.74) is 1.55. The zero-order valence-corrected chi connectivity index (χ0v) is 20.5. The van der Waals surface area contributed by atoms with Crippen molar-refractivity contribution in [3.8, 4) is 5.75 Å². The first-order chi connectivity index (χ1) is 17.3. The molecule has 0 radical (unpaired) electrons. The van der Waals surface area contributed by atoms with Crippen LogP contribution in [0, 0.1) is 0 Å². The number of carbonyl (C=O) groups excluding carboxylic acids is 2. The lowest BCUT2D eigenvalue weighted by atomic mass is 10.0. The minimum Gasteiger partial charge on any atom is -0.497 e. The molecule has 4 aromatic rings. The number of rotatable bonds is 8. The van der Waals surface area contributed by atoms with Crippen LogP contribution in [-0.2, 0) is 21.4 Å². The van der Waals surface area contributed by atoms with Gasteiger partial charge in [-0.05, 0) is 48.0 Å². The smallest absolute Gasteiger partial charge is 0.332 e. The van der Waals surface area contributed by atoms with Crippen LogP contribution >= 0.6 is 0 Å². The largest absolute Gasteiger partial charge is 0.497 e. The van der Waals surface area contributed by atoms with Crippen molar-refractivity contribution in [2.24, 2.45) is 0 Å². The minimum absolute atomic E-state index is 0.154. The molecule has 0 aliphatic carbocycles. The number of urea groups is 1.